The summed E-state index contributed by atoms with van der Waals surface area (Å²) in [7, 11) is -5.05. The van der Waals surface area contributed by atoms with E-state index in [9.17, 15) is 44.9 Å². The zero-order valence-corrected chi connectivity index (χ0v) is 35.6. The molecule has 1 rings (SSSR count). The highest BCUT2D eigenvalue weighted by Crippen LogP contribution is 2.47. The van der Waals surface area contributed by atoms with E-state index in [1.165, 1.54) is 128 Å². The summed E-state index contributed by atoms with van der Waals surface area (Å²) in [4.78, 5) is 23.3. The number of aliphatic hydroxyl groups excluding tert-OH is 6. The van der Waals surface area contributed by atoms with Crippen molar-refractivity contribution in [2.75, 3.05) is 6.61 Å². The Labute approximate surface area is 334 Å². The maximum Gasteiger partial charge on any atom is 0.472 e. The Morgan fingerprint density at radius 3 is 1.25 bits per heavy atom. The molecular formula is C42H84NO11P. The van der Waals surface area contributed by atoms with Gasteiger partial charge in [-0.3, -0.25) is 13.8 Å². The molecular weight excluding hydrogens is 725 g/mol. The summed E-state index contributed by atoms with van der Waals surface area (Å²) in [6.45, 7) is 3.88. The number of carbonyl (C=O) groups excluding carboxylic acids is 1. The van der Waals surface area contributed by atoms with E-state index in [2.05, 4.69) is 19.2 Å². The number of phosphoric acid groups is 1. The average molecular weight is 810 g/mol. The number of unbranched alkanes of at least 4 members (excludes halogenated alkanes) is 26. The van der Waals surface area contributed by atoms with Crippen LogP contribution in [0.3, 0.4) is 0 Å². The van der Waals surface area contributed by atoms with Crippen molar-refractivity contribution in [3.8, 4) is 0 Å². The van der Waals surface area contributed by atoms with Crippen molar-refractivity contribution in [2.45, 2.75) is 255 Å². The highest BCUT2D eigenvalue weighted by atomic mass is 31.2. The molecule has 0 heterocycles. The molecule has 0 aliphatic heterocycles. The summed E-state index contributed by atoms with van der Waals surface area (Å²) in [5.41, 5.74) is 0. The molecule has 13 heteroatoms. The van der Waals surface area contributed by atoms with Crippen molar-refractivity contribution in [2.24, 2.45) is 0 Å². The average Bonchev–Trinajstić information content (AvgIpc) is 3.16. The summed E-state index contributed by atoms with van der Waals surface area (Å²) in [5, 5.41) is 64.0. The fraction of sp³-hybridized carbons (Fsp3) is 0.976. The first kappa shape index (κ1) is 52.4. The molecule has 1 amide bonds. The molecule has 12 nitrogen and oxygen atoms in total. The van der Waals surface area contributed by atoms with Gasteiger partial charge < -0.3 is 40.8 Å². The molecule has 8 N–H and O–H groups in total. The maximum absolute atomic E-state index is 12.9. The van der Waals surface area contributed by atoms with Gasteiger partial charge in [0.2, 0.25) is 5.91 Å². The number of hydrogen-bond acceptors (Lipinski definition) is 10. The molecule has 0 aromatic carbocycles. The second-order valence-electron chi connectivity index (χ2n) is 16.3. The lowest BCUT2D eigenvalue weighted by Crippen LogP contribution is -2.64. The van der Waals surface area contributed by atoms with Gasteiger partial charge in [0.15, 0.2) is 0 Å². The van der Waals surface area contributed by atoms with Gasteiger partial charge >= 0.3 is 7.82 Å². The maximum atomic E-state index is 12.9. The number of carbonyl (C=O) groups is 1. The summed E-state index contributed by atoms with van der Waals surface area (Å²) < 4.78 is 22.9. The van der Waals surface area contributed by atoms with Gasteiger partial charge in [-0.2, -0.15) is 0 Å². The van der Waals surface area contributed by atoms with Crippen LogP contribution in [-0.4, -0.2) is 96.8 Å². The van der Waals surface area contributed by atoms with Gasteiger partial charge in [0.05, 0.1) is 18.8 Å². The van der Waals surface area contributed by atoms with Crippen LogP contribution in [0.4, 0.5) is 0 Å². The molecule has 0 aromatic heterocycles. The third-order valence-electron chi connectivity index (χ3n) is 11.2. The van der Waals surface area contributed by atoms with Crippen LogP contribution in [0.2, 0.25) is 0 Å². The van der Waals surface area contributed by atoms with Gasteiger partial charge in [0.1, 0.15) is 36.6 Å². The van der Waals surface area contributed by atoms with Gasteiger partial charge in [0, 0.05) is 6.42 Å². The van der Waals surface area contributed by atoms with E-state index in [1.807, 2.05) is 0 Å². The molecule has 6 unspecified atom stereocenters. The van der Waals surface area contributed by atoms with E-state index in [0.29, 0.717) is 19.3 Å². The largest absolute Gasteiger partial charge is 0.472 e. The summed E-state index contributed by atoms with van der Waals surface area (Å²) in [6, 6.07) is -1.02. The van der Waals surface area contributed by atoms with Gasteiger partial charge in [-0.15, -0.1) is 0 Å². The number of amides is 1. The van der Waals surface area contributed by atoms with Crippen LogP contribution in [0.1, 0.15) is 206 Å². The first-order chi connectivity index (χ1) is 26.4. The predicted molar refractivity (Wildman–Crippen MR) is 218 cm³/mol. The van der Waals surface area contributed by atoms with Crippen LogP contribution in [0.25, 0.3) is 0 Å². The van der Waals surface area contributed by atoms with Crippen molar-refractivity contribution in [1.29, 1.82) is 0 Å². The minimum atomic E-state index is -5.05. The van der Waals surface area contributed by atoms with E-state index >= 15 is 0 Å². The van der Waals surface area contributed by atoms with Crippen molar-refractivity contribution >= 4 is 13.7 Å². The number of nitrogens with one attached hydrogen (secondary N) is 1. The van der Waals surface area contributed by atoms with Crippen molar-refractivity contribution in [3.63, 3.8) is 0 Å². The second kappa shape index (κ2) is 33.2. The minimum Gasteiger partial charge on any atom is -0.391 e. The van der Waals surface area contributed by atoms with Crippen molar-refractivity contribution in [3.05, 3.63) is 0 Å². The van der Waals surface area contributed by atoms with Crippen LogP contribution in [-0.2, 0) is 18.4 Å². The lowest BCUT2D eigenvalue weighted by atomic mass is 9.85. The Kier molecular flexibility index (Phi) is 31.6. The fourth-order valence-electron chi connectivity index (χ4n) is 7.44. The highest BCUT2D eigenvalue weighted by Gasteiger charge is 2.51. The zero-order chi connectivity index (χ0) is 40.7. The van der Waals surface area contributed by atoms with Gasteiger partial charge in [-0.25, -0.2) is 4.57 Å². The van der Waals surface area contributed by atoms with Gasteiger partial charge in [0.25, 0.3) is 0 Å². The number of hydrogen-bond donors (Lipinski definition) is 8. The molecule has 1 fully saturated rings. The van der Waals surface area contributed by atoms with E-state index in [1.54, 1.807) is 0 Å². The second-order valence-corrected chi connectivity index (χ2v) is 17.7. The van der Waals surface area contributed by atoms with Crippen LogP contribution in [0.5, 0.6) is 0 Å². The zero-order valence-electron chi connectivity index (χ0n) is 34.7. The van der Waals surface area contributed by atoms with Crippen LogP contribution in [0.15, 0.2) is 0 Å². The molecule has 1 aliphatic carbocycles. The topological polar surface area (TPSA) is 206 Å². The van der Waals surface area contributed by atoms with E-state index in [0.717, 1.165) is 38.5 Å². The highest BCUT2D eigenvalue weighted by molar-refractivity contribution is 7.47. The van der Waals surface area contributed by atoms with Gasteiger partial charge in [-0.1, -0.05) is 187 Å². The standard InChI is InChI=1S/C42H84NO11P/c1-3-5-7-9-11-13-15-17-18-19-20-22-24-26-28-30-32-36(45)43-34(35(44)31-29-27-25-23-21-16-14-12-10-8-6-4-2)33-53-55(51,52)54-42-40(49)38(47)37(46)39(48)41(42)50/h34-35,37-42,44,46-50H,3-33H2,1-2H3,(H,43,45)(H,51,52)/t34-,35+,37?,38+,39?,40?,41?,42?/m0/s1. The summed E-state index contributed by atoms with van der Waals surface area (Å²) in [6.07, 6.45) is 21.4. The number of phosphoric ester groups is 1. The van der Waals surface area contributed by atoms with E-state index < -0.39 is 63.2 Å². The first-order valence-corrected chi connectivity index (χ1v) is 24.0. The molecule has 0 aromatic rings. The molecule has 1 aliphatic rings. The third-order valence-corrected chi connectivity index (χ3v) is 12.2. The quantitative estimate of drug-likeness (QED) is 0.0224. The predicted octanol–water partition coefficient (Wildman–Crippen LogP) is 7.90. The van der Waals surface area contributed by atoms with Gasteiger partial charge in [-0.05, 0) is 12.8 Å². The molecule has 0 saturated heterocycles. The Balaban J connectivity index is 2.47. The summed E-state index contributed by atoms with van der Waals surface area (Å²) >= 11 is 0. The van der Waals surface area contributed by atoms with Crippen molar-refractivity contribution < 1.29 is 53.9 Å². The van der Waals surface area contributed by atoms with Crippen LogP contribution in [0, 0.1) is 0 Å². The SMILES string of the molecule is CCCCCCCCCCCCCCCCCCC(=O)N[C@@H](COP(=O)(O)OC1C(O)C(O)C(O)[C@@H](O)C1O)[C@H](O)CCCCCCCCCCCCCC. The first-order valence-electron chi connectivity index (χ1n) is 22.5. The molecule has 9 atom stereocenters. The smallest absolute Gasteiger partial charge is 0.391 e. The van der Waals surface area contributed by atoms with Crippen molar-refractivity contribution in [1.82, 2.24) is 5.32 Å². The molecule has 328 valence electrons. The van der Waals surface area contributed by atoms with Crippen LogP contribution >= 0.6 is 7.82 Å². The Bertz CT molecular complexity index is 946. The lowest BCUT2D eigenvalue weighted by Gasteiger charge is -2.41. The Hall–Kier alpha value is -0.660. The Morgan fingerprint density at radius 1 is 0.545 bits per heavy atom. The van der Waals surface area contributed by atoms with E-state index in [-0.39, 0.29) is 12.3 Å². The molecule has 55 heavy (non-hydrogen) atoms. The fourth-order valence-corrected chi connectivity index (χ4v) is 8.40. The lowest BCUT2D eigenvalue weighted by molar-refractivity contribution is -0.220. The Morgan fingerprint density at radius 2 is 0.873 bits per heavy atom. The molecule has 1 saturated carbocycles. The van der Waals surface area contributed by atoms with E-state index in [4.69, 9.17) is 9.05 Å². The molecule has 0 radical (unpaired) electrons. The minimum absolute atomic E-state index is 0.242. The third kappa shape index (κ3) is 25.4. The molecule has 0 bridgehead atoms. The number of rotatable bonds is 37. The monoisotopic (exact) mass is 810 g/mol. The molecule has 0 spiro atoms. The normalized spacial score (nSPS) is 23.7. The summed E-state index contributed by atoms with van der Waals surface area (Å²) in [5.74, 6) is -0.306. The van der Waals surface area contributed by atoms with Crippen LogP contribution < -0.4 is 5.32 Å². The number of aliphatic hydroxyl groups is 6.